The minimum Gasteiger partial charge on any atom is -0.497 e. The number of aromatic nitrogens is 1. The Morgan fingerprint density at radius 3 is 3.07 bits per heavy atom. The van der Waals surface area contributed by atoms with Crippen LogP contribution in [-0.4, -0.2) is 42.2 Å². The molecular formula is C21H23FN2O3. The van der Waals surface area contributed by atoms with Crippen LogP contribution in [-0.2, 0) is 20.7 Å². The minimum atomic E-state index is -0.305. The van der Waals surface area contributed by atoms with Crippen molar-refractivity contribution in [1.82, 2.24) is 9.88 Å². The molecule has 5 rings (SSSR count). The number of benzene rings is 1. The van der Waals surface area contributed by atoms with Crippen LogP contribution in [0.3, 0.4) is 0 Å². The molecular weight excluding hydrogens is 347 g/mol. The number of piperidine rings is 1. The van der Waals surface area contributed by atoms with Gasteiger partial charge in [-0.15, -0.1) is 0 Å². The van der Waals surface area contributed by atoms with E-state index in [4.69, 9.17) is 9.47 Å². The maximum atomic E-state index is 13.8. The summed E-state index contributed by atoms with van der Waals surface area (Å²) in [7, 11) is 1.41. The minimum absolute atomic E-state index is 0.0718. The first kappa shape index (κ1) is 16.8. The molecule has 2 aromatic rings. The Hall–Kier alpha value is -2.34. The molecule has 6 heteroatoms. The first-order valence-corrected chi connectivity index (χ1v) is 9.54. The van der Waals surface area contributed by atoms with Gasteiger partial charge in [-0.05, 0) is 43.5 Å². The Labute approximate surface area is 157 Å². The Bertz CT molecular complexity index is 950. The highest BCUT2D eigenvalue weighted by Gasteiger charge is 2.46. The fraction of sp³-hybridized carbons (Fsp3) is 0.476. The number of aromatic amines is 1. The standard InChI is InChI=1S/C21H23FN2O3/c1-11-16-9-24-6-5-13-15-7-12(22)3-4-18(15)23-20(13)19(24)8-14(16)17(10-27-11)21(25)26-2/h3-4,7,10-11,14,16,19,23H,5-6,8-9H2,1-2H3/t11-,14-,16+,19-/m0/s1. The first-order chi connectivity index (χ1) is 13.1. The maximum Gasteiger partial charge on any atom is 0.337 e. The molecule has 0 unspecified atom stereocenters. The molecule has 0 bridgehead atoms. The van der Waals surface area contributed by atoms with Crippen molar-refractivity contribution in [2.75, 3.05) is 20.2 Å². The van der Waals surface area contributed by atoms with Gasteiger partial charge in [0.1, 0.15) is 5.82 Å². The molecule has 4 atom stereocenters. The Balaban J connectivity index is 1.55. The lowest BCUT2D eigenvalue weighted by Crippen LogP contribution is -2.51. The number of carbonyl (C=O) groups excluding carboxylic acids is 1. The number of esters is 1. The van der Waals surface area contributed by atoms with E-state index in [0.29, 0.717) is 5.57 Å². The molecule has 142 valence electrons. The van der Waals surface area contributed by atoms with Crippen molar-refractivity contribution in [2.24, 2.45) is 11.8 Å². The van der Waals surface area contributed by atoms with E-state index in [2.05, 4.69) is 16.8 Å². The van der Waals surface area contributed by atoms with Crippen molar-refractivity contribution in [3.63, 3.8) is 0 Å². The normalized spacial score (nSPS) is 30.0. The third-order valence-corrected chi connectivity index (χ3v) is 6.60. The number of ether oxygens (including phenoxy) is 2. The van der Waals surface area contributed by atoms with Crippen molar-refractivity contribution in [3.8, 4) is 0 Å². The average molecular weight is 370 g/mol. The van der Waals surface area contributed by atoms with E-state index in [9.17, 15) is 9.18 Å². The molecule has 0 spiro atoms. The van der Waals surface area contributed by atoms with Gasteiger partial charge in [-0.3, -0.25) is 4.90 Å². The molecule has 0 aliphatic carbocycles. The molecule has 1 aromatic carbocycles. The van der Waals surface area contributed by atoms with Gasteiger partial charge in [0.25, 0.3) is 0 Å². The van der Waals surface area contributed by atoms with Crippen LogP contribution < -0.4 is 0 Å². The van der Waals surface area contributed by atoms with Gasteiger partial charge in [0.15, 0.2) is 0 Å². The summed E-state index contributed by atoms with van der Waals surface area (Å²) < 4.78 is 24.5. The van der Waals surface area contributed by atoms with Crippen LogP contribution in [0.1, 0.15) is 30.6 Å². The van der Waals surface area contributed by atoms with E-state index in [1.807, 2.05) is 6.07 Å². The highest BCUT2D eigenvalue weighted by atomic mass is 19.1. The van der Waals surface area contributed by atoms with E-state index in [0.717, 1.165) is 36.8 Å². The summed E-state index contributed by atoms with van der Waals surface area (Å²) in [6.07, 6.45) is 3.41. The van der Waals surface area contributed by atoms with Gasteiger partial charge in [-0.2, -0.15) is 0 Å². The van der Waals surface area contributed by atoms with E-state index >= 15 is 0 Å². The molecule has 27 heavy (non-hydrogen) atoms. The predicted octanol–water partition coefficient (Wildman–Crippen LogP) is 3.32. The summed E-state index contributed by atoms with van der Waals surface area (Å²) in [5.41, 5.74) is 4.00. The molecule has 0 radical (unpaired) electrons. The van der Waals surface area contributed by atoms with E-state index < -0.39 is 0 Å². The second-order valence-electron chi connectivity index (χ2n) is 7.88. The second kappa shape index (κ2) is 6.09. The van der Waals surface area contributed by atoms with Crippen molar-refractivity contribution in [2.45, 2.75) is 31.9 Å². The zero-order valence-electron chi connectivity index (χ0n) is 15.5. The summed E-state index contributed by atoms with van der Waals surface area (Å²) in [4.78, 5) is 18.3. The predicted molar refractivity (Wildman–Crippen MR) is 98.5 cm³/mol. The maximum absolute atomic E-state index is 13.8. The van der Waals surface area contributed by atoms with Crippen LogP contribution >= 0.6 is 0 Å². The molecule has 4 heterocycles. The van der Waals surface area contributed by atoms with Crippen molar-refractivity contribution in [3.05, 3.63) is 47.1 Å². The highest BCUT2D eigenvalue weighted by molar-refractivity contribution is 5.89. The van der Waals surface area contributed by atoms with Crippen molar-refractivity contribution in [1.29, 1.82) is 0 Å². The van der Waals surface area contributed by atoms with Crippen LogP contribution in [0.25, 0.3) is 10.9 Å². The van der Waals surface area contributed by atoms with Gasteiger partial charge in [-0.1, -0.05) is 0 Å². The number of nitrogens with one attached hydrogen (secondary N) is 1. The number of H-pyrrole nitrogens is 1. The number of nitrogens with zero attached hydrogens (tertiary/aromatic N) is 1. The average Bonchev–Trinajstić information content (AvgIpc) is 3.05. The molecule has 3 aliphatic rings. The molecule has 1 saturated heterocycles. The lowest BCUT2D eigenvalue weighted by atomic mass is 9.72. The number of fused-ring (bicyclic) bond motifs is 6. The summed E-state index contributed by atoms with van der Waals surface area (Å²) >= 11 is 0. The van der Waals surface area contributed by atoms with E-state index in [-0.39, 0.29) is 35.8 Å². The second-order valence-corrected chi connectivity index (χ2v) is 7.88. The molecule has 1 fully saturated rings. The SMILES string of the molecule is COC(=O)C1=CO[C@@H](C)[C@H]2CN3CCc4c([nH]c5ccc(F)cc45)[C@@H]3C[C@H]12. The quantitative estimate of drug-likeness (QED) is 0.783. The van der Waals surface area contributed by atoms with Crippen molar-refractivity contribution < 1.29 is 18.7 Å². The fourth-order valence-corrected chi connectivity index (χ4v) is 5.21. The van der Waals surface area contributed by atoms with E-state index in [1.54, 1.807) is 12.3 Å². The van der Waals surface area contributed by atoms with Gasteiger partial charge in [-0.25, -0.2) is 9.18 Å². The Morgan fingerprint density at radius 1 is 1.41 bits per heavy atom. The van der Waals surface area contributed by atoms with Gasteiger partial charge in [0, 0.05) is 41.5 Å². The van der Waals surface area contributed by atoms with Gasteiger partial charge >= 0.3 is 5.97 Å². The van der Waals surface area contributed by atoms with Crippen LogP contribution in [0.15, 0.2) is 30.0 Å². The summed E-state index contributed by atoms with van der Waals surface area (Å²) in [6, 6.07) is 5.14. The Kier molecular flexibility index (Phi) is 3.79. The fourth-order valence-electron chi connectivity index (χ4n) is 5.21. The number of rotatable bonds is 1. The molecule has 0 saturated carbocycles. The zero-order chi connectivity index (χ0) is 18.7. The van der Waals surface area contributed by atoms with Crippen LogP contribution in [0.5, 0.6) is 0 Å². The number of halogens is 1. The van der Waals surface area contributed by atoms with Crippen LogP contribution in [0.2, 0.25) is 0 Å². The molecule has 5 nitrogen and oxygen atoms in total. The molecule has 1 aromatic heterocycles. The lowest BCUT2D eigenvalue weighted by molar-refractivity contribution is -0.139. The van der Waals surface area contributed by atoms with Crippen molar-refractivity contribution >= 4 is 16.9 Å². The molecule has 1 N–H and O–H groups in total. The smallest absolute Gasteiger partial charge is 0.337 e. The third-order valence-electron chi connectivity index (χ3n) is 6.60. The number of hydrogen-bond donors (Lipinski definition) is 1. The summed E-state index contributed by atoms with van der Waals surface area (Å²) in [5.74, 6) is -0.134. The largest absolute Gasteiger partial charge is 0.497 e. The molecule has 0 amide bonds. The number of methoxy groups -OCH3 is 1. The van der Waals surface area contributed by atoms with E-state index in [1.165, 1.54) is 24.4 Å². The number of carbonyl (C=O) groups is 1. The van der Waals surface area contributed by atoms with Gasteiger partial charge in [0.2, 0.25) is 0 Å². The highest BCUT2D eigenvalue weighted by Crippen LogP contribution is 2.47. The number of hydrogen-bond acceptors (Lipinski definition) is 4. The monoisotopic (exact) mass is 370 g/mol. The zero-order valence-corrected chi connectivity index (χ0v) is 15.5. The van der Waals surface area contributed by atoms with Crippen LogP contribution in [0, 0.1) is 17.7 Å². The lowest BCUT2D eigenvalue weighted by Gasteiger charge is -2.49. The topological polar surface area (TPSA) is 54.6 Å². The molecule has 3 aliphatic heterocycles. The summed E-state index contributed by atoms with van der Waals surface area (Å²) in [6.45, 7) is 3.89. The van der Waals surface area contributed by atoms with Gasteiger partial charge < -0.3 is 14.5 Å². The summed E-state index contributed by atoms with van der Waals surface area (Å²) in [5, 5.41) is 0.982. The Morgan fingerprint density at radius 2 is 2.26 bits per heavy atom. The third kappa shape index (κ3) is 2.50. The first-order valence-electron chi connectivity index (χ1n) is 9.54. The van der Waals surface area contributed by atoms with Gasteiger partial charge in [0.05, 0.1) is 31.1 Å². The van der Waals surface area contributed by atoms with Crippen LogP contribution in [0.4, 0.5) is 4.39 Å².